The van der Waals surface area contributed by atoms with Gasteiger partial charge in [0.15, 0.2) is 0 Å². The molecule has 0 bridgehead atoms. The molecule has 1 saturated carbocycles. The fourth-order valence-electron chi connectivity index (χ4n) is 2.73. The molecular weight excluding hydrogens is 281 g/mol. The third-order valence-corrected chi connectivity index (χ3v) is 4.64. The Kier molecular flexibility index (Phi) is 3.90. The van der Waals surface area contributed by atoms with Crippen molar-refractivity contribution in [1.82, 2.24) is 10.2 Å². The first kappa shape index (κ1) is 13.5. The second kappa shape index (κ2) is 5.49. The van der Waals surface area contributed by atoms with Crippen molar-refractivity contribution in [3.05, 3.63) is 27.7 Å². The number of rotatable bonds is 4. The van der Waals surface area contributed by atoms with E-state index in [4.69, 9.17) is 28.9 Å². The number of nitrogens with zero attached hydrogens (tertiary/aromatic N) is 1. The van der Waals surface area contributed by atoms with E-state index < -0.39 is 0 Å². The van der Waals surface area contributed by atoms with Crippen molar-refractivity contribution in [1.29, 1.82) is 0 Å². The van der Waals surface area contributed by atoms with Gasteiger partial charge in [0.25, 0.3) is 0 Å². The SMILES string of the molecule is Nc1c(Cl)cc(CNC2CCN(C3CC3)C2)cc1Cl. The first-order chi connectivity index (χ1) is 9.13. The number of nitrogens with one attached hydrogen (secondary N) is 1. The Hall–Kier alpha value is -0.480. The number of hydrogen-bond acceptors (Lipinski definition) is 3. The fraction of sp³-hybridized carbons (Fsp3) is 0.571. The Morgan fingerprint density at radius 3 is 2.53 bits per heavy atom. The molecule has 0 aromatic heterocycles. The molecule has 104 valence electrons. The molecule has 3 N–H and O–H groups in total. The van der Waals surface area contributed by atoms with Crippen LogP contribution < -0.4 is 11.1 Å². The van der Waals surface area contributed by atoms with Crippen LogP contribution >= 0.6 is 23.2 Å². The van der Waals surface area contributed by atoms with Gasteiger partial charge in [-0.2, -0.15) is 0 Å². The summed E-state index contributed by atoms with van der Waals surface area (Å²) in [5.74, 6) is 0. The van der Waals surface area contributed by atoms with Gasteiger partial charge in [-0.25, -0.2) is 0 Å². The number of nitrogen functional groups attached to an aromatic ring is 1. The van der Waals surface area contributed by atoms with Gasteiger partial charge < -0.3 is 11.1 Å². The minimum absolute atomic E-state index is 0.466. The number of anilines is 1. The summed E-state index contributed by atoms with van der Waals surface area (Å²) in [7, 11) is 0. The second-order valence-corrected chi connectivity index (χ2v) is 6.38. The monoisotopic (exact) mass is 299 g/mol. The smallest absolute Gasteiger partial charge is 0.0693 e. The van der Waals surface area contributed by atoms with Crippen molar-refractivity contribution in [2.75, 3.05) is 18.8 Å². The number of benzene rings is 1. The molecule has 1 atom stereocenters. The zero-order valence-electron chi connectivity index (χ0n) is 10.8. The van der Waals surface area contributed by atoms with Crippen molar-refractivity contribution in [3.8, 4) is 0 Å². The van der Waals surface area contributed by atoms with Gasteiger partial charge in [-0.15, -0.1) is 0 Å². The van der Waals surface area contributed by atoms with Gasteiger partial charge in [0, 0.05) is 31.7 Å². The van der Waals surface area contributed by atoms with Crippen LogP contribution in [-0.2, 0) is 6.54 Å². The average molecular weight is 300 g/mol. The van der Waals surface area contributed by atoms with Gasteiger partial charge in [-0.1, -0.05) is 23.2 Å². The molecule has 1 heterocycles. The summed E-state index contributed by atoms with van der Waals surface area (Å²) in [5.41, 5.74) is 7.29. The van der Waals surface area contributed by atoms with Gasteiger partial charge in [0.2, 0.25) is 0 Å². The largest absolute Gasteiger partial charge is 0.396 e. The van der Waals surface area contributed by atoms with Crippen LogP contribution in [0.3, 0.4) is 0 Å². The lowest BCUT2D eigenvalue weighted by Crippen LogP contribution is -2.32. The van der Waals surface area contributed by atoms with E-state index in [9.17, 15) is 0 Å². The molecule has 1 saturated heterocycles. The van der Waals surface area contributed by atoms with Crippen LogP contribution in [0.15, 0.2) is 12.1 Å². The summed E-state index contributed by atoms with van der Waals surface area (Å²) in [6.07, 6.45) is 4.00. The average Bonchev–Trinajstić information content (AvgIpc) is 3.13. The molecule has 1 aromatic rings. The van der Waals surface area contributed by atoms with Crippen LogP contribution in [0.4, 0.5) is 5.69 Å². The molecule has 2 fully saturated rings. The fourth-order valence-corrected chi connectivity index (χ4v) is 3.26. The molecule has 1 unspecified atom stereocenters. The van der Waals surface area contributed by atoms with Crippen molar-refractivity contribution < 1.29 is 0 Å². The van der Waals surface area contributed by atoms with Crippen LogP contribution in [0.25, 0.3) is 0 Å². The lowest BCUT2D eigenvalue weighted by atomic mass is 10.2. The third-order valence-electron chi connectivity index (χ3n) is 4.02. The Balaban J connectivity index is 1.54. The van der Waals surface area contributed by atoms with Gasteiger partial charge in [0.1, 0.15) is 0 Å². The highest BCUT2D eigenvalue weighted by atomic mass is 35.5. The van der Waals surface area contributed by atoms with Crippen LogP contribution in [0.1, 0.15) is 24.8 Å². The lowest BCUT2D eigenvalue weighted by Gasteiger charge is -2.16. The predicted octanol–water partition coefficient (Wildman–Crippen LogP) is 2.90. The minimum Gasteiger partial charge on any atom is -0.396 e. The number of likely N-dealkylation sites (tertiary alicyclic amines) is 1. The standard InChI is InChI=1S/C14H19Cl2N3/c15-12-5-9(6-13(16)14(12)17)7-18-10-3-4-19(8-10)11-1-2-11/h5-6,10-11,18H,1-4,7-8,17H2. The van der Waals surface area contributed by atoms with E-state index in [1.807, 2.05) is 12.1 Å². The van der Waals surface area contributed by atoms with E-state index in [2.05, 4.69) is 10.2 Å². The van der Waals surface area contributed by atoms with Crippen LogP contribution in [0.2, 0.25) is 10.0 Å². The Morgan fingerprint density at radius 1 is 1.21 bits per heavy atom. The van der Waals surface area contributed by atoms with E-state index >= 15 is 0 Å². The van der Waals surface area contributed by atoms with Gasteiger partial charge in [-0.05, 0) is 37.0 Å². The third kappa shape index (κ3) is 3.16. The van der Waals surface area contributed by atoms with E-state index in [0.717, 1.165) is 18.2 Å². The topological polar surface area (TPSA) is 41.3 Å². The minimum atomic E-state index is 0.466. The van der Waals surface area contributed by atoms with Gasteiger partial charge in [0.05, 0.1) is 15.7 Å². The predicted molar refractivity (Wildman–Crippen MR) is 80.7 cm³/mol. The van der Waals surface area contributed by atoms with Crippen LogP contribution in [0, 0.1) is 0 Å². The molecule has 0 amide bonds. The lowest BCUT2D eigenvalue weighted by molar-refractivity contribution is 0.317. The zero-order valence-corrected chi connectivity index (χ0v) is 12.3. The molecule has 1 aliphatic carbocycles. The zero-order chi connectivity index (χ0) is 13.4. The molecule has 1 aliphatic heterocycles. The van der Waals surface area contributed by atoms with Crippen molar-refractivity contribution in [3.63, 3.8) is 0 Å². The van der Waals surface area contributed by atoms with E-state index in [1.54, 1.807) is 0 Å². The maximum absolute atomic E-state index is 6.04. The van der Waals surface area contributed by atoms with E-state index in [-0.39, 0.29) is 0 Å². The molecule has 1 aromatic carbocycles. The highest BCUT2D eigenvalue weighted by Crippen LogP contribution is 2.30. The number of halogens is 2. The van der Waals surface area contributed by atoms with E-state index in [0.29, 0.717) is 21.8 Å². The molecular formula is C14H19Cl2N3. The normalized spacial score (nSPS) is 24.0. The van der Waals surface area contributed by atoms with Crippen molar-refractivity contribution in [2.24, 2.45) is 0 Å². The van der Waals surface area contributed by atoms with Crippen molar-refractivity contribution in [2.45, 2.75) is 37.9 Å². The quantitative estimate of drug-likeness (QED) is 0.840. The summed E-state index contributed by atoms with van der Waals surface area (Å²) in [6.45, 7) is 3.19. The van der Waals surface area contributed by atoms with Gasteiger partial charge in [-0.3, -0.25) is 4.90 Å². The van der Waals surface area contributed by atoms with Gasteiger partial charge >= 0.3 is 0 Å². The Labute approximate surface area is 124 Å². The summed E-state index contributed by atoms with van der Waals surface area (Å²) in [4.78, 5) is 2.60. The first-order valence-corrected chi connectivity index (χ1v) is 7.60. The summed E-state index contributed by atoms with van der Waals surface area (Å²) in [5, 5.41) is 4.66. The highest BCUT2D eigenvalue weighted by Gasteiger charge is 2.33. The molecule has 3 rings (SSSR count). The Bertz CT molecular complexity index is 451. The summed E-state index contributed by atoms with van der Waals surface area (Å²) < 4.78 is 0. The molecule has 0 spiro atoms. The highest BCUT2D eigenvalue weighted by molar-refractivity contribution is 6.38. The van der Waals surface area contributed by atoms with E-state index in [1.165, 1.54) is 32.4 Å². The summed E-state index contributed by atoms with van der Waals surface area (Å²) in [6, 6.07) is 5.23. The maximum Gasteiger partial charge on any atom is 0.0693 e. The Morgan fingerprint density at radius 2 is 1.89 bits per heavy atom. The first-order valence-electron chi connectivity index (χ1n) is 6.84. The second-order valence-electron chi connectivity index (χ2n) is 5.57. The molecule has 5 heteroatoms. The molecule has 19 heavy (non-hydrogen) atoms. The molecule has 3 nitrogen and oxygen atoms in total. The van der Waals surface area contributed by atoms with Crippen molar-refractivity contribution >= 4 is 28.9 Å². The molecule has 2 aliphatic rings. The van der Waals surface area contributed by atoms with Crippen LogP contribution in [0.5, 0.6) is 0 Å². The maximum atomic E-state index is 6.04. The number of hydrogen-bond donors (Lipinski definition) is 2. The summed E-state index contributed by atoms with van der Waals surface area (Å²) >= 11 is 12.1. The number of nitrogens with two attached hydrogens (primary N) is 1. The molecule has 0 radical (unpaired) electrons. The van der Waals surface area contributed by atoms with Crippen LogP contribution in [-0.4, -0.2) is 30.1 Å².